The van der Waals surface area contributed by atoms with Crippen LogP contribution in [0.3, 0.4) is 0 Å². The molecule has 21 heavy (non-hydrogen) atoms. The van der Waals surface area contributed by atoms with Crippen molar-refractivity contribution in [3.63, 3.8) is 0 Å². The van der Waals surface area contributed by atoms with Crippen LogP contribution in [0.2, 0.25) is 0 Å². The number of hydrogen-bond acceptors (Lipinski definition) is 3. The van der Waals surface area contributed by atoms with Crippen molar-refractivity contribution in [1.29, 1.82) is 0 Å². The fourth-order valence-electron chi connectivity index (χ4n) is 3.80. The van der Waals surface area contributed by atoms with Crippen LogP contribution in [0.1, 0.15) is 12.0 Å². The third-order valence-electron chi connectivity index (χ3n) is 4.79. The topological polar surface area (TPSA) is 68.0 Å². The number of nitrogens with zero attached hydrogens (tertiary/aromatic N) is 1. The van der Waals surface area contributed by atoms with Crippen LogP contribution in [0.15, 0.2) is 42.3 Å². The SMILES string of the molecule is NC1=CC2C(C=C1)CC1(C(=O)Nc3ncccc31)C2(F)F. The number of anilines is 1. The number of pyridine rings is 1. The number of carbonyl (C=O) groups excluding carboxylic acids is 1. The lowest BCUT2D eigenvalue weighted by Crippen LogP contribution is -2.48. The highest BCUT2D eigenvalue weighted by molar-refractivity contribution is 6.06. The first-order valence-corrected chi connectivity index (χ1v) is 6.77. The number of fused-ring (bicyclic) bond motifs is 3. The molecule has 0 radical (unpaired) electrons. The summed E-state index contributed by atoms with van der Waals surface area (Å²) < 4.78 is 30.2. The number of alkyl halides is 2. The fourth-order valence-corrected chi connectivity index (χ4v) is 3.80. The third kappa shape index (κ3) is 1.32. The van der Waals surface area contributed by atoms with E-state index >= 15 is 8.78 Å². The van der Waals surface area contributed by atoms with Crippen LogP contribution in [0.5, 0.6) is 0 Å². The van der Waals surface area contributed by atoms with Gasteiger partial charge in [0.05, 0.1) is 5.92 Å². The second-order valence-corrected chi connectivity index (χ2v) is 5.80. The summed E-state index contributed by atoms with van der Waals surface area (Å²) in [6, 6.07) is 3.14. The minimum absolute atomic E-state index is 0.0650. The molecule has 0 saturated heterocycles. The number of halogens is 2. The minimum Gasteiger partial charge on any atom is -0.399 e. The van der Waals surface area contributed by atoms with Crippen LogP contribution in [-0.2, 0) is 10.2 Å². The molecule has 4 rings (SSSR count). The quantitative estimate of drug-likeness (QED) is 0.767. The normalized spacial score (nSPS) is 35.3. The monoisotopic (exact) mass is 289 g/mol. The van der Waals surface area contributed by atoms with E-state index in [0.717, 1.165) is 0 Å². The van der Waals surface area contributed by atoms with Gasteiger partial charge >= 0.3 is 0 Å². The summed E-state index contributed by atoms with van der Waals surface area (Å²) >= 11 is 0. The van der Waals surface area contributed by atoms with E-state index in [2.05, 4.69) is 10.3 Å². The predicted molar refractivity (Wildman–Crippen MR) is 72.5 cm³/mol. The summed E-state index contributed by atoms with van der Waals surface area (Å²) in [6.45, 7) is 0. The number of aromatic nitrogens is 1. The lowest BCUT2D eigenvalue weighted by Gasteiger charge is -2.31. The Labute approximate surface area is 119 Å². The Kier molecular flexibility index (Phi) is 2.20. The average Bonchev–Trinajstić information content (AvgIpc) is 2.86. The van der Waals surface area contributed by atoms with E-state index in [1.165, 1.54) is 12.3 Å². The molecule has 1 aromatic rings. The molecule has 0 bridgehead atoms. The van der Waals surface area contributed by atoms with Gasteiger partial charge in [0.1, 0.15) is 11.2 Å². The van der Waals surface area contributed by atoms with Gasteiger partial charge in [-0.25, -0.2) is 13.8 Å². The number of nitrogens with one attached hydrogen (secondary N) is 1. The zero-order chi connectivity index (χ0) is 14.8. The number of carbonyl (C=O) groups is 1. The summed E-state index contributed by atoms with van der Waals surface area (Å²) in [7, 11) is 0. The van der Waals surface area contributed by atoms with Crippen LogP contribution < -0.4 is 11.1 Å². The summed E-state index contributed by atoms with van der Waals surface area (Å²) in [5.74, 6) is -5.09. The second kappa shape index (κ2) is 3.69. The molecule has 1 saturated carbocycles. The van der Waals surface area contributed by atoms with E-state index < -0.39 is 29.1 Å². The van der Waals surface area contributed by atoms with Gasteiger partial charge in [-0.2, -0.15) is 0 Å². The van der Waals surface area contributed by atoms with Gasteiger partial charge in [-0.15, -0.1) is 0 Å². The van der Waals surface area contributed by atoms with Gasteiger partial charge in [0.25, 0.3) is 5.92 Å². The van der Waals surface area contributed by atoms with E-state index in [9.17, 15) is 4.79 Å². The summed E-state index contributed by atoms with van der Waals surface area (Å²) in [5, 5.41) is 2.50. The first-order chi connectivity index (χ1) is 9.97. The van der Waals surface area contributed by atoms with E-state index in [1.54, 1.807) is 24.3 Å². The van der Waals surface area contributed by atoms with Crippen LogP contribution >= 0.6 is 0 Å². The van der Waals surface area contributed by atoms with Crippen LogP contribution in [0.4, 0.5) is 14.6 Å². The molecule has 3 N–H and O–H groups in total. The molecule has 1 amide bonds. The highest BCUT2D eigenvalue weighted by Gasteiger charge is 2.72. The highest BCUT2D eigenvalue weighted by atomic mass is 19.3. The molecule has 1 aliphatic heterocycles. The van der Waals surface area contributed by atoms with Crippen molar-refractivity contribution in [3.8, 4) is 0 Å². The lowest BCUT2D eigenvalue weighted by atomic mass is 9.76. The zero-order valence-corrected chi connectivity index (χ0v) is 11.0. The molecule has 3 atom stereocenters. The van der Waals surface area contributed by atoms with E-state index in [-0.39, 0.29) is 17.8 Å². The summed E-state index contributed by atoms with van der Waals surface area (Å²) in [5.41, 5.74) is 4.41. The van der Waals surface area contributed by atoms with Crippen molar-refractivity contribution in [1.82, 2.24) is 4.98 Å². The number of nitrogens with two attached hydrogens (primary N) is 1. The molecule has 1 fully saturated rings. The van der Waals surface area contributed by atoms with Crippen LogP contribution in [0, 0.1) is 11.8 Å². The highest BCUT2D eigenvalue weighted by Crippen LogP contribution is 2.62. The molecule has 3 aliphatic rings. The predicted octanol–water partition coefficient (Wildman–Crippen LogP) is 1.96. The maximum atomic E-state index is 15.1. The van der Waals surface area contributed by atoms with Gasteiger partial charge < -0.3 is 11.1 Å². The third-order valence-corrected chi connectivity index (χ3v) is 4.79. The number of rotatable bonds is 0. The first-order valence-electron chi connectivity index (χ1n) is 6.77. The van der Waals surface area contributed by atoms with Crippen LogP contribution in [0.25, 0.3) is 0 Å². The zero-order valence-electron chi connectivity index (χ0n) is 11.0. The Morgan fingerprint density at radius 2 is 2.24 bits per heavy atom. The molecule has 0 aromatic carbocycles. The van der Waals surface area contributed by atoms with Crippen molar-refractivity contribution in [2.75, 3.05) is 5.32 Å². The maximum absolute atomic E-state index is 15.1. The molecule has 2 heterocycles. The maximum Gasteiger partial charge on any atom is 0.273 e. The fraction of sp³-hybridized carbons (Fsp3) is 0.333. The van der Waals surface area contributed by atoms with Gasteiger partial charge in [-0.05, 0) is 24.5 Å². The van der Waals surface area contributed by atoms with Gasteiger partial charge in [-0.3, -0.25) is 4.79 Å². The molecule has 3 unspecified atom stereocenters. The Bertz CT molecular complexity index is 713. The molecule has 1 spiro atoms. The van der Waals surface area contributed by atoms with Gasteiger partial charge in [-0.1, -0.05) is 18.2 Å². The molecule has 108 valence electrons. The Morgan fingerprint density at radius 3 is 3.05 bits per heavy atom. The van der Waals surface area contributed by atoms with Crippen molar-refractivity contribution in [3.05, 3.63) is 47.8 Å². The van der Waals surface area contributed by atoms with Crippen molar-refractivity contribution in [2.45, 2.75) is 17.8 Å². The van der Waals surface area contributed by atoms with Crippen molar-refractivity contribution in [2.24, 2.45) is 17.6 Å². The van der Waals surface area contributed by atoms with Gasteiger partial charge in [0.15, 0.2) is 0 Å². The Hall–Kier alpha value is -2.24. The number of amides is 1. The first kappa shape index (κ1) is 12.5. The summed E-state index contributed by atoms with van der Waals surface area (Å²) in [4.78, 5) is 16.4. The molecule has 1 aromatic heterocycles. The lowest BCUT2D eigenvalue weighted by molar-refractivity contribution is -0.138. The van der Waals surface area contributed by atoms with Crippen molar-refractivity contribution < 1.29 is 13.6 Å². The van der Waals surface area contributed by atoms with Gasteiger partial charge in [0, 0.05) is 17.5 Å². The molecular formula is C15H13F2N3O. The number of hydrogen-bond donors (Lipinski definition) is 2. The van der Waals surface area contributed by atoms with Crippen LogP contribution in [-0.4, -0.2) is 16.8 Å². The van der Waals surface area contributed by atoms with E-state index in [4.69, 9.17) is 5.73 Å². The second-order valence-electron chi connectivity index (χ2n) is 5.80. The Balaban J connectivity index is 1.94. The van der Waals surface area contributed by atoms with E-state index in [1.807, 2.05) is 0 Å². The molecule has 4 nitrogen and oxygen atoms in total. The molecule has 2 aliphatic carbocycles. The summed E-state index contributed by atoms with van der Waals surface area (Å²) in [6.07, 6.45) is 6.24. The minimum atomic E-state index is -3.20. The standard InChI is InChI=1S/C15H13F2N3O/c16-15(17)11-6-9(18)4-3-8(11)7-14(15)10-2-1-5-19-12(10)20-13(14)21/h1-6,8,11H,7,18H2,(H,19,20,21). The van der Waals surface area contributed by atoms with E-state index in [0.29, 0.717) is 5.70 Å². The molecule has 6 heteroatoms. The largest absolute Gasteiger partial charge is 0.399 e. The van der Waals surface area contributed by atoms with Gasteiger partial charge in [0.2, 0.25) is 5.91 Å². The average molecular weight is 289 g/mol. The van der Waals surface area contributed by atoms with Crippen molar-refractivity contribution >= 4 is 11.7 Å². The molecular weight excluding hydrogens is 276 g/mol. The smallest absolute Gasteiger partial charge is 0.273 e. The Morgan fingerprint density at radius 1 is 1.43 bits per heavy atom. The number of allylic oxidation sites excluding steroid dienone is 3.